The van der Waals surface area contributed by atoms with Crippen LogP contribution in [0.15, 0.2) is 48.8 Å². The summed E-state index contributed by atoms with van der Waals surface area (Å²) in [5.74, 6) is -0.112. The summed E-state index contributed by atoms with van der Waals surface area (Å²) in [6.07, 6.45) is -1.03. The van der Waals surface area contributed by atoms with Crippen molar-refractivity contribution in [2.75, 3.05) is 25.0 Å². The number of aromatic nitrogens is 6. The predicted molar refractivity (Wildman–Crippen MR) is 113 cm³/mol. The van der Waals surface area contributed by atoms with Crippen molar-refractivity contribution >= 4 is 28.7 Å². The van der Waals surface area contributed by atoms with Gasteiger partial charge in [0.1, 0.15) is 0 Å². The van der Waals surface area contributed by atoms with Crippen LogP contribution in [0.2, 0.25) is 5.02 Å². The van der Waals surface area contributed by atoms with E-state index < -0.39 is 12.7 Å². The molecule has 13 heteroatoms. The molecule has 1 saturated heterocycles. The summed E-state index contributed by atoms with van der Waals surface area (Å²) in [5, 5.41) is 19.5. The van der Waals surface area contributed by atoms with E-state index >= 15 is 0 Å². The molecule has 0 aliphatic carbocycles. The molecule has 0 saturated carbocycles. The number of hydrogen-bond acceptors (Lipinski definition) is 6. The van der Waals surface area contributed by atoms with Crippen LogP contribution in [-0.2, 0) is 0 Å². The van der Waals surface area contributed by atoms with Crippen molar-refractivity contribution in [2.45, 2.75) is 12.2 Å². The number of likely N-dealkylation sites (tertiary alicyclic amines) is 1. The fourth-order valence-corrected chi connectivity index (χ4v) is 3.79. The van der Waals surface area contributed by atoms with Crippen LogP contribution in [-0.4, -0.2) is 66.4 Å². The van der Waals surface area contributed by atoms with E-state index in [4.69, 9.17) is 11.6 Å². The summed E-state index contributed by atoms with van der Waals surface area (Å²) >= 11 is 6.27. The number of fused-ring (bicyclic) bond motifs is 1. The molecule has 0 spiro atoms. The first-order valence-corrected chi connectivity index (χ1v) is 10.3. The number of halogens is 4. The largest absolute Gasteiger partial charge is 0.401 e. The van der Waals surface area contributed by atoms with Crippen molar-refractivity contribution in [1.82, 2.24) is 34.7 Å². The van der Waals surface area contributed by atoms with E-state index in [2.05, 4.69) is 25.8 Å². The highest BCUT2D eigenvalue weighted by Crippen LogP contribution is 2.29. The molecule has 33 heavy (non-hydrogen) atoms. The van der Waals surface area contributed by atoms with E-state index in [1.54, 1.807) is 47.1 Å². The number of carbonyl (C=O) groups is 1. The van der Waals surface area contributed by atoms with Crippen LogP contribution < -0.4 is 5.32 Å². The van der Waals surface area contributed by atoms with Gasteiger partial charge < -0.3 is 5.32 Å². The number of rotatable bonds is 5. The summed E-state index contributed by atoms with van der Waals surface area (Å²) in [6, 6.07) is 9.99. The molecule has 9 nitrogen and oxygen atoms in total. The van der Waals surface area contributed by atoms with Crippen LogP contribution >= 0.6 is 11.6 Å². The standard InChI is InChI=1S/C20H16ClF3N8O/c21-15-5-4-12(18-27-29-32(28-18)13-9-30(10-13)11-20(22,23)24)7-16(15)26-19(33)14-8-25-31-6-2-1-3-17(14)31/h1-8,13H,9-11H2,(H,26,33). The normalized spacial score (nSPS) is 15.0. The van der Waals surface area contributed by atoms with Crippen molar-refractivity contribution in [3.8, 4) is 11.4 Å². The van der Waals surface area contributed by atoms with Crippen LogP contribution in [0.3, 0.4) is 0 Å². The van der Waals surface area contributed by atoms with Crippen LogP contribution in [0.25, 0.3) is 16.9 Å². The van der Waals surface area contributed by atoms with Gasteiger partial charge in [-0.1, -0.05) is 17.7 Å². The minimum atomic E-state index is -4.24. The Morgan fingerprint density at radius 1 is 1.21 bits per heavy atom. The molecule has 1 aliphatic heterocycles. The zero-order chi connectivity index (χ0) is 23.2. The number of carbonyl (C=O) groups excluding carboxylic acids is 1. The third-order valence-electron chi connectivity index (χ3n) is 5.24. The summed E-state index contributed by atoms with van der Waals surface area (Å²) < 4.78 is 39.0. The fourth-order valence-electron chi connectivity index (χ4n) is 3.63. The monoisotopic (exact) mass is 476 g/mol. The van der Waals surface area contributed by atoms with Crippen LogP contribution in [0, 0.1) is 0 Å². The molecule has 1 aromatic carbocycles. The van der Waals surface area contributed by atoms with Crippen LogP contribution in [0.4, 0.5) is 18.9 Å². The van der Waals surface area contributed by atoms with Crippen molar-refractivity contribution < 1.29 is 18.0 Å². The Morgan fingerprint density at radius 3 is 2.82 bits per heavy atom. The number of benzene rings is 1. The SMILES string of the molecule is O=C(Nc1cc(-c2nnn(C3CN(CC(F)(F)F)C3)n2)ccc1Cl)c1cnn2ccccc12. The Balaban J connectivity index is 1.31. The minimum Gasteiger partial charge on any atom is -0.320 e. The van der Waals surface area contributed by atoms with E-state index in [0.717, 1.165) is 0 Å². The van der Waals surface area contributed by atoms with Crippen LogP contribution in [0.5, 0.6) is 0 Å². The van der Waals surface area contributed by atoms with E-state index in [-0.39, 0.29) is 30.9 Å². The van der Waals surface area contributed by atoms with E-state index in [1.807, 2.05) is 0 Å². The summed E-state index contributed by atoms with van der Waals surface area (Å²) in [6.45, 7) is -0.578. The summed E-state index contributed by atoms with van der Waals surface area (Å²) in [5.41, 5.74) is 1.93. The molecule has 0 unspecified atom stereocenters. The Labute approximate surface area is 189 Å². The number of alkyl halides is 3. The quantitative estimate of drug-likeness (QED) is 0.475. The second-order valence-electron chi connectivity index (χ2n) is 7.63. The number of tetrazole rings is 1. The molecule has 4 heterocycles. The first-order valence-electron chi connectivity index (χ1n) is 9.89. The minimum absolute atomic E-state index is 0.191. The van der Waals surface area contributed by atoms with Crippen molar-refractivity contribution in [1.29, 1.82) is 0 Å². The van der Waals surface area contributed by atoms with Crippen molar-refractivity contribution in [3.05, 3.63) is 59.4 Å². The van der Waals surface area contributed by atoms with Gasteiger partial charge >= 0.3 is 6.18 Å². The maximum absolute atomic E-state index is 12.8. The van der Waals surface area contributed by atoms with Gasteiger partial charge in [-0.25, -0.2) is 4.52 Å². The lowest BCUT2D eigenvalue weighted by atomic mass is 10.1. The smallest absolute Gasteiger partial charge is 0.320 e. The van der Waals surface area contributed by atoms with Gasteiger partial charge in [-0.2, -0.15) is 23.1 Å². The van der Waals surface area contributed by atoms with Crippen molar-refractivity contribution in [2.24, 2.45) is 0 Å². The number of nitrogens with zero attached hydrogens (tertiary/aromatic N) is 7. The molecule has 4 aromatic rings. The van der Waals surface area contributed by atoms with E-state index in [9.17, 15) is 18.0 Å². The van der Waals surface area contributed by atoms with Crippen molar-refractivity contribution in [3.63, 3.8) is 0 Å². The zero-order valence-corrected chi connectivity index (χ0v) is 17.6. The van der Waals surface area contributed by atoms with Gasteiger partial charge in [0, 0.05) is 24.8 Å². The van der Waals surface area contributed by atoms with Gasteiger partial charge in [0.25, 0.3) is 5.91 Å². The predicted octanol–water partition coefficient (Wildman–Crippen LogP) is 3.31. The van der Waals surface area contributed by atoms with Gasteiger partial charge in [-0.05, 0) is 35.5 Å². The molecule has 1 amide bonds. The second kappa shape index (κ2) is 8.12. The number of anilines is 1. The highest BCUT2D eigenvalue weighted by molar-refractivity contribution is 6.34. The van der Waals surface area contributed by atoms with Gasteiger partial charge in [-0.3, -0.25) is 9.69 Å². The molecule has 0 atom stereocenters. The third-order valence-corrected chi connectivity index (χ3v) is 5.57. The Morgan fingerprint density at radius 2 is 2.03 bits per heavy atom. The highest BCUT2D eigenvalue weighted by atomic mass is 35.5. The average molecular weight is 477 g/mol. The second-order valence-corrected chi connectivity index (χ2v) is 8.04. The Bertz CT molecular complexity index is 1330. The van der Waals surface area contributed by atoms with E-state index in [0.29, 0.717) is 27.4 Å². The molecule has 0 radical (unpaired) electrons. The topological polar surface area (TPSA) is 93.2 Å². The first-order chi connectivity index (χ1) is 15.8. The molecular weight excluding hydrogens is 461 g/mol. The molecule has 0 bridgehead atoms. The molecule has 1 N–H and O–H groups in total. The molecule has 5 rings (SSSR count). The van der Waals surface area contributed by atoms with Crippen LogP contribution in [0.1, 0.15) is 16.4 Å². The van der Waals surface area contributed by atoms with Gasteiger partial charge in [-0.15, -0.1) is 10.2 Å². The number of pyridine rings is 1. The lowest BCUT2D eigenvalue weighted by molar-refractivity contribution is -0.158. The molecule has 1 fully saturated rings. The summed E-state index contributed by atoms with van der Waals surface area (Å²) in [4.78, 5) is 15.4. The average Bonchev–Trinajstić information content (AvgIpc) is 3.38. The first kappa shape index (κ1) is 21.3. The Hall–Kier alpha value is -3.51. The number of amides is 1. The van der Waals surface area contributed by atoms with Gasteiger partial charge in [0.15, 0.2) is 0 Å². The maximum Gasteiger partial charge on any atom is 0.401 e. The lowest BCUT2D eigenvalue weighted by Gasteiger charge is -2.38. The molecule has 170 valence electrons. The number of hydrogen-bond donors (Lipinski definition) is 1. The molecule has 3 aromatic heterocycles. The van der Waals surface area contributed by atoms with E-state index in [1.165, 1.54) is 15.9 Å². The van der Waals surface area contributed by atoms with Gasteiger partial charge in [0.2, 0.25) is 5.82 Å². The zero-order valence-electron chi connectivity index (χ0n) is 16.9. The summed E-state index contributed by atoms with van der Waals surface area (Å²) in [7, 11) is 0. The number of nitrogens with one attached hydrogen (secondary N) is 1. The van der Waals surface area contributed by atoms with Gasteiger partial charge in [0.05, 0.1) is 40.6 Å². The molecule has 1 aliphatic rings. The maximum atomic E-state index is 12.8. The molecular formula is C20H16ClF3N8O. The highest BCUT2D eigenvalue weighted by Gasteiger charge is 2.38. The Kier molecular flexibility index (Phi) is 5.25. The lowest BCUT2D eigenvalue weighted by Crippen LogP contribution is -2.51. The third kappa shape index (κ3) is 4.39. The fraction of sp³-hybridized carbons (Fsp3) is 0.250.